The normalized spacial score (nSPS) is 9.08. The van der Waals surface area contributed by atoms with Gasteiger partial charge in [0.15, 0.2) is 0 Å². The average Bonchev–Trinajstić information content (AvgIpc) is 2.69. The second kappa shape index (κ2) is 9.05. The van der Waals surface area contributed by atoms with Crippen molar-refractivity contribution in [2.75, 3.05) is 28.4 Å². The van der Waals surface area contributed by atoms with Gasteiger partial charge in [0.25, 0.3) is 5.78 Å². The van der Waals surface area contributed by atoms with Crippen LogP contribution in [-0.4, -0.2) is 34.2 Å². The molecule has 0 bridgehead atoms. The third kappa shape index (κ3) is 5.22. The van der Waals surface area contributed by atoms with Crippen molar-refractivity contribution in [1.29, 1.82) is 0 Å². The lowest BCUT2D eigenvalue weighted by Gasteiger charge is -2.04. The maximum atomic E-state index is 11.9. The molecule has 0 fully saturated rings. The number of methoxy groups -OCH3 is 4. The highest BCUT2D eigenvalue weighted by Crippen LogP contribution is 2.22. The first-order valence-electron chi connectivity index (χ1n) is 7.62. The van der Waals surface area contributed by atoms with Gasteiger partial charge >= 0.3 is 0 Å². The van der Waals surface area contributed by atoms with Crippen LogP contribution in [0.5, 0.6) is 23.0 Å². The number of ketones is 1. The highest BCUT2D eigenvalue weighted by molar-refractivity contribution is 6.09. The number of Topliss-reactive ketones (excluding diaryl/α,β-unsaturated/α-hetero) is 1. The highest BCUT2D eigenvalue weighted by atomic mass is 16.5. The van der Waals surface area contributed by atoms with Gasteiger partial charge < -0.3 is 18.9 Å². The van der Waals surface area contributed by atoms with E-state index >= 15 is 0 Å². The molecule has 0 aliphatic carbocycles. The SMILES string of the molecule is COc1cc(C#CC(=O)C#Cc2cc(OC)cc(OC)c2)cc(OC)c1. The van der Waals surface area contributed by atoms with Crippen LogP contribution in [-0.2, 0) is 4.79 Å². The molecule has 2 aromatic rings. The molecule has 0 saturated heterocycles. The lowest BCUT2D eigenvalue weighted by atomic mass is 10.2. The monoisotopic (exact) mass is 350 g/mol. The molecule has 0 aliphatic rings. The Balaban J connectivity index is 2.21. The molecule has 0 aliphatic heterocycles. The molecule has 0 atom stereocenters. The zero-order valence-electron chi connectivity index (χ0n) is 15.0. The summed E-state index contributed by atoms with van der Waals surface area (Å²) in [5.41, 5.74) is 1.19. The lowest BCUT2D eigenvalue weighted by Crippen LogP contribution is -1.91. The summed E-state index contributed by atoms with van der Waals surface area (Å²) < 4.78 is 20.7. The highest BCUT2D eigenvalue weighted by Gasteiger charge is 2.01. The van der Waals surface area contributed by atoms with Crippen LogP contribution in [0.1, 0.15) is 11.1 Å². The van der Waals surface area contributed by atoms with Gasteiger partial charge in [0.05, 0.1) is 28.4 Å². The fourth-order valence-corrected chi connectivity index (χ4v) is 2.05. The molecule has 2 aromatic carbocycles. The predicted octanol–water partition coefficient (Wildman–Crippen LogP) is 2.69. The molecule has 0 saturated carbocycles. The minimum Gasteiger partial charge on any atom is -0.497 e. The van der Waals surface area contributed by atoms with Crippen LogP contribution in [0.2, 0.25) is 0 Å². The van der Waals surface area contributed by atoms with Gasteiger partial charge in [0.2, 0.25) is 0 Å². The van der Waals surface area contributed by atoms with E-state index in [1.54, 1.807) is 64.8 Å². The summed E-state index contributed by atoms with van der Waals surface area (Å²) in [6.07, 6.45) is 0. The summed E-state index contributed by atoms with van der Waals surface area (Å²) in [6.45, 7) is 0. The van der Waals surface area contributed by atoms with Crippen molar-refractivity contribution in [3.8, 4) is 46.7 Å². The number of carbonyl (C=O) groups excluding carboxylic acids is 1. The van der Waals surface area contributed by atoms with Gasteiger partial charge in [-0.25, -0.2) is 0 Å². The molecule has 0 spiro atoms. The molecule has 0 amide bonds. The van der Waals surface area contributed by atoms with Crippen LogP contribution >= 0.6 is 0 Å². The van der Waals surface area contributed by atoms with Crippen molar-refractivity contribution in [2.45, 2.75) is 0 Å². The van der Waals surface area contributed by atoms with E-state index in [-0.39, 0.29) is 0 Å². The van der Waals surface area contributed by atoms with Crippen molar-refractivity contribution in [1.82, 2.24) is 0 Å². The van der Waals surface area contributed by atoms with Crippen LogP contribution in [0.3, 0.4) is 0 Å². The van der Waals surface area contributed by atoms with Gasteiger partial charge in [0.1, 0.15) is 23.0 Å². The Morgan fingerprint density at radius 1 is 0.615 bits per heavy atom. The van der Waals surface area contributed by atoms with Crippen LogP contribution in [0.25, 0.3) is 0 Å². The zero-order chi connectivity index (χ0) is 18.9. The Bertz CT molecular complexity index is 803. The topological polar surface area (TPSA) is 54.0 Å². The molecule has 132 valence electrons. The number of hydrogen-bond donors (Lipinski definition) is 0. The van der Waals surface area contributed by atoms with E-state index in [0.717, 1.165) is 0 Å². The zero-order valence-corrected chi connectivity index (χ0v) is 15.0. The molecule has 26 heavy (non-hydrogen) atoms. The van der Waals surface area contributed by atoms with Gasteiger partial charge in [-0.3, -0.25) is 4.79 Å². The van der Waals surface area contributed by atoms with E-state index in [4.69, 9.17) is 18.9 Å². The minimum atomic E-state index is -0.506. The summed E-state index contributed by atoms with van der Waals surface area (Å²) in [5, 5.41) is 0. The Labute approximate surface area is 152 Å². The molecule has 0 aromatic heterocycles. The van der Waals surface area contributed by atoms with Gasteiger partial charge in [-0.05, 0) is 36.1 Å². The van der Waals surface area contributed by atoms with Crippen molar-refractivity contribution < 1.29 is 23.7 Å². The molecular weight excluding hydrogens is 332 g/mol. The fourth-order valence-electron chi connectivity index (χ4n) is 2.05. The quantitative estimate of drug-likeness (QED) is 0.794. The third-order valence-corrected chi connectivity index (χ3v) is 3.34. The average molecular weight is 350 g/mol. The van der Waals surface area contributed by atoms with Crippen molar-refractivity contribution in [2.24, 2.45) is 0 Å². The van der Waals surface area contributed by atoms with E-state index in [9.17, 15) is 4.79 Å². The Morgan fingerprint density at radius 3 is 1.19 bits per heavy atom. The molecule has 0 N–H and O–H groups in total. The van der Waals surface area contributed by atoms with Gasteiger partial charge in [-0.2, -0.15) is 0 Å². The van der Waals surface area contributed by atoms with Gasteiger partial charge in [0, 0.05) is 23.3 Å². The van der Waals surface area contributed by atoms with Crippen LogP contribution in [0.15, 0.2) is 36.4 Å². The molecule has 0 radical (unpaired) electrons. The molecule has 5 heteroatoms. The number of carbonyl (C=O) groups is 1. The van der Waals surface area contributed by atoms with Crippen molar-refractivity contribution in [3.05, 3.63) is 47.5 Å². The first-order chi connectivity index (χ1) is 12.6. The van der Waals surface area contributed by atoms with Crippen LogP contribution < -0.4 is 18.9 Å². The molecule has 0 heterocycles. The number of rotatable bonds is 4. The second-order valence-corrected chi connectivity index (χ2v) is 5.03. The maximum Gasteiger partial charge on any atom is 0.279 e. The standard InChI is InChI=1S/C21H18O5/c1-23-18-9-15(10-19(13-18)24-2)5-7-17(22)8-6-16-11-20(25-3)14-21(12-16)26-4/h9-14H,1-4H3. The Morgan fingerprint density at radius 2 is 0.923 bits per heavy atom. The largest absolute Gasteiger partial charge is 0.497 e. The van der Waals surface area contributed by atoms with Crippen LogP contribution in [0, 0.1) is 23.7 Å². The van der Waals surface area contributed by atoms with E-state index in [1.807, 2.05) is 0 Å². The number of ether oxygens (including phenoxy) is 4. The Kier molecular flexibility index (Phi) is 6.53. The van der Waals surface area contributed by atoms with Crippen LogP contribution in [0.4, 0.5) is 0 Å². The fraction of sp³-hybridized carbons (Fsp3) is 0.190. The van der Waals surface area contributed by atoms with E-state index in [2.05, 4.69) is 23.7 Å². The molecular formula is C21H18O5. The smallest absolute Gasteiger partial charge is 0.279 e. The minimum absolute atomic E-state index is 0.506. The predicted molar refractivity (Wildman–Crippen MR) is 97.9 cm³/mol. The third-order valence-electron chi connectivity index (χ3n) is 3.34. The summed E-state index contributed by atoms with van der Waals surface area (Å²) >= 11 is 0. The summed E-state index contributed by atoms with van der Waals surface area (Å²) in [7, 11) is 6.19. The molecule has 5 nitrogen and oxygen atoms in total. The van der Waals surface area contributed by atoms with Crippen molar-refractivity contribution in [3.63, 3.8) is 0 Å². The van der Waals surface area contributed by atoms with Gasteiger partial charge in [-0.15, -0.1) is 0 Å². The summed E-state index contributed by atoms with van der Waals surface area (Å²) in [4.78, 5) is 11.9. The first kappa shape index (κ1) is 18.8. The number of hydrogen-bond acceptors (Lipinski definition) is 5. The first-order valence-corrected chi connectivity index (χ1v) is 7.62. The van der Waals surface area contributed by atoms with E-state index in [1.165, 1.54) is 0 Å². The second-order valence-electron chi connectivity index (χ2n) is 5.03. The van der Waals surface area contributed by atoms with E-state index in [0.29, 0.717) is 34.1 Å². The Hall–Kier alpha value is -3.57. The molecule has 2 rings (SSSR count). The maximum absolute atomic E-state index is 11.9. The van der Waals surface area contributed by atoms with Crippen molar-refractivity contribution >= 4 is 5.78 Å². The van der Waals surface area contributed by atoms with Gasteiger partial charge in [-0.1, -0.05) is 11.8 Å². The summed E-state index contributed by atoms with van der Waals surface area (Å²) in [6, 6.07) is 10.3. The lowest BCUT2D eigenvalue weighted by molar-refractivity contribution is -0.108. The summed E-state index contributed by atoms with van der Waals surface area (Å²) in [5.74, 6) is 12.4. The van der Waals surface area contributed by atoms with E-state index < -0.39 is 5.78 Å². The molecule has 0 unspecified atom stereocenters. The number of benzene rings is 2.